The topological polar surface area (TPSA) is 61.1 Å². The second-order valence-electron chi connectivity index (χ2n) is 4.07. The van der Waals surface area contributed by atoms with Gasteiger partial charge in [-0.2, -0.15) is 0 Å². The quantitative estimate of drug-likeness (QED) is 0.614. The molecule has 1 aromatic carbocycles. The molecule has 0 unspecified atom stereocenters. The lowest BCUT2D eigenvalue weighted by atomic mass is 10.1. The molecule has 0 aliphatic carbocycles. The van der Waals surface area contributed by atoms with Crippen molar-refractivity contribution in [1.82, 2.24) is 0 Å². The van der Waals surface area contributed by atoms with Gasteiger partial charge in [0.25, 0.3) is 0 Å². The highest BCUT2D eigenvalue weighted by atomic mass is 16.7. The molecule has 19 heavy (non-hydrogen) atoms. The second-order valence-corrected chi connectivity index (χ2v) is 4.07. The lowest BCUT2D eigenvalue weighted by molar-refractivity contribution is -0.0440. The summed E-state index contributed by atoms with van der Waals surface area (Å²) in [5.74, 6) is 1.38. The minimum Gasteiger partial charge on any atom is -0.493 e. The maximum atomic E-state index is 9.18. The van der Waals surface area contributed by atoms with E-state index in [4.69, 9.17) is 18.6 Å². The zero-order valence-electron chi connectivity index (χ0n) is 11.1. The third kappa shape index (κ3) is 2.89. The summed E-state index contributed by atoms with van der Waals surface area (Å²) >= 11 is 0. The summed E-state index contributed by atoms with van der Waals surface area (Å²) < 4.78 is 21.2. The Morgan fingerprint density at radius 2 is 2.11 bits per heavy atom. The number of hydrogen-bond acceptors (Lipinski definition) is 5. The van der Waals surface area contributed by atoms with Gasteiger partial charge in [0.15, 0.2) is 11.3 Å². The molecule has 5 heteroatoms. The Hall–Kier alpha value is -1.56. The van der Waals surface area contributed by atoms with Crippen molar-refractivity contribution in [2.75, 3.05) is 27.6 Å². The molecule has 5 nitrogen and oxygen atoms in total. The SMILES string of the molecule is COCOCc1oc2c(OC)cccc2c1CCO. The van der Waals surface area contributed by atoms with E-state index >= 15 is 0 Å². The molecule has 104 valence electrons. The monoisotopic (exact) mass is 266 g/mol. The number of fused-ring (bicyclic) bond motifs is 1. The number of furan rings is 1. The van der Waals surface area contributed by atoms with Gasteiger partial charge in [-0.25, -0.2) is 0 Å². The van der Waals surface area contributed by atoms with Gasteiger partial charge in [-0.15, -0.1) is 0 Å². The average Bonchev–Trinajstić information content (AvgIpc) is 2.78. The lowest BCUT2D eigenvalue weighted by Gasteiger charge is -2.02. The lowest BCUT2D eigenvalue weighted by Crippen LogP contribution is -2.00. The van der Waals surface area contributed by atoms with Crippen LogP contribution >= 0.6 is 0 Å². The van der Waals surface area contributed by atoms with E-state index in [2.05, 4.69) is 0 Å². The van der Waals surface area contributed by atoms with E-state index in [1.807, 2.05) is 18.2 Å². The fraction of sp³-hybridized carbons (Fsp3) is 0.429. The first-order chi connectivity index (χ1) is 9.31. The van der Waals surface area contributed by atoms with Crippen LogP contribution in [0, 0.1) is 0 Å². The standard InChI is InChI=1S/C14H18O5/c1-16-9-18-8-13-10(6-7-15)11-4-3-5-12(17-2)14(11)19-13/h3-5,15H,6-9H2,1-2H3. The highest BCUT2D eigenvalue weighted by molar-refractivity contribution is 5.87. The van der Waals surface area contributed by atoms with E-state index in [1.54, 1.807) is 14.2 Å². The number of para-hydroxylation sites is 1. The fourth-order valence-corrected chi connectivity index (χ4v) is 2.07. The second kappa shape index (κ2) is 6.56. The van der Waals surface area contributed by atoms with Gasteiger partial charge in [-0.05, 0) is 12.5 Å². The van der Waals surface area contributed by atoms with E-state index in [0.717, 1.165) is 10.9 Å². The zero-order chi connectivity index (χ0) is 13.7. The smallest absolute Gasteiger partial charge is 0.176 e. The van der Waals surface area contributed by atoms with Crippen molar-refractivity contribution in [3.63, 3.8) is 0 Å². The molecule has 0 saturated carbocycles. The maximum absolute atomic E-state index is 9.18. The molecule has 0 saturated heterocycles. The minimum absolute atomic E-state index is 0.0587. The van der Waals surface area contributed by atoms with E-state index in [-0.39, 0.29) is 13.4 Å². The molecule has 0 bridgehead atoms. The first-order valence-electron chi connectivity index (χ1n) is 6.06. The Morgan fingerprint density at radius 1 is 1.26 bits per heavy atom. The molecule has 0 radical (unpaired) electrons. The van der Waals surface area contributed by atoms with Crippen molar-refractivity contribution in [3.8, 4) is 5.75 Å². The summed E-state index contributed by atoms with van der Waals surface area (Å²) in [5, 5.41) is 10.1. The predicted molar refractivity (Wildman–Crippen MR) is 70.2 cm³/mol. The van der Waals surface area contributed by atoms with Crippen LogP contribution in [0.1, 0.15) is 11.3 Å². The van der Waals surface area contributed by atoms with E-state index in [9.17, 15) is 5.11 Å². The number of aliphatic hydroxyl groups excluding tert-OH is 1. The van der Waals surface area contributed by atoms with Gasteiger partial charge in [-0.3, -0.25) is 0 Å². The molecule has 0 fully saturated rings. The molecule has 0 atom stereocenters. The van der Waals surface area contributed by atoms with Crippen molar-refractivity contribution in [2.24, 2.45) is 0 Å². The van der Waals surface area contributed by atoms with Crippen molar-refractivity contribution in [2.45, 2.75) is 13.0 Å². The summed E-state index contributed by atoms with van der Waals surface area (Å²) in [5.41, 5.74) is 1.64. The molecular formula is C14H18O5. The average molecular weight is 266 g/mol. The van der Waals surface area contributed by atoms with Crippen molar-refractivity contribution >= 4 is 11.0 Å². The maximum Gasteiger partial charge on any atom is 0.176 e. The van der Waals surface area contributed by atoms with Gasteiger partial charge < -0.3 is 23.7 Å². The van der Waals surface area contributed by atoms with Crippen LogP contribution in [-0.4, -0.2) is 32.7 Å². The molecule has 0 spiro atoms. The van der Waals surface area contributed by atoms with Crippen LogP contribution < -0.4 is 4.74 Å². The van der Waals surface area contributed by atoms with Gasteiger partial charge in [0, 0.05) is 24.7 Å². The van der Waals surface area contributed by atoms with Gasteiger partial charge in [0.1, 0.15) is 19.2 Å². The van der Waals surface area contributed by atoms with Crippen molar-refractivity contribution < 1.29 is 23.7 Å². The van der Waals surface area contributed by atoms with Gasteiger partial charge in [-0.1, -0.05) is 12.1 Å². The van der Waals surface area contributed by atoms with Crippen LogP contribution in [0.5, 0.6) is 5.75 Å². The number of hydrogen-bond donors (Lipinski definition) is 1. The van der Waals surface area contributed by atoms with Crippen LogP contribution in [0.15, 0.2) is 22.6 Å². The molecule has 0 amide bonds. The highest BCUT2D eigenvalue weighted by Gasteiger charge is 2.16. The van der Waals surface area contributed by atoms with Gasteiger partial charge in [0.05, 0.1) is 7.11 Å². The predicted octanol–water partition coefficient (Wildman–Crippen LogP) is 2.10. The summed E-state index contributed by atoms with van der Waals surface area (Å²) in [4.78, 5) is 0. The van der Waals surface area contributed by atoms with E-state index in [1.165, 1.54) is 0 Å². The first-order valence-corrected chi connectivity index (χ1v) is 6.06. The minimum atomic E-state index is 0.0587. The van der Waals surface area contributed by atoms with Crippen LogP contribution in [0.2, 0.25) is 0 Å². The van der Waals surface area contributed by atoms with Gasteiger partial charge >= 0.3 is 0 Å². The summed E-state index contributed by atoms with van der Waals surface area (Å²) in [7, 11) is 3.17. The number of benzene rings is 1. The molecule has 0 aliphatic heterocycles. The van der Waals surface area contributed by atoms with Crippen LogP contribution in [-0.2, 0) is 22.5 Å². The largest absolute Gasteiger partial charge is 0.493 e. The van der Waals surface area contributed by atoms with Crippen LogP contribution in [0.25, 0.3) is 11.0 Å². The summed E-state index contributed by atoms with van der Waals surface area (Å²) in [6.07, 6.45) is 0.520. The molecule has 1 aromatic heterocycles. The third-order valence-corrected chi connectivity index (χ3v) is 2.88. The van der Waals surface area contributed by atoms with E-state index in [0.29, 0.717) is 30.1 Å². The normalized spacial score (nSPS) is 11.1. The zero-order valence-corrected chi connectivity index (χ0v) is 11.1. The van der Waals surface area contributed by atoms with Crippen LogP contribution in [0.4, 0.5) is 0 Å². The summed E-state index contributed by atoms with van der Waals surface area (Å²) in [6.45, 7) is 0.566. The molecule has 2 rings (SSSR count). The number of methoxy groups -OCH3 is 2. The van der Waals surface area contributed by atoms with Gasteiger partial charge in [0.2, 0.25) is 0 Å². The fourth-order valence-electron chi connectivity index (χ4n) is 2.07. The molecule has 2 aromatic rings. The Bertz CT molecular complexity index is 532. The van der Waals surface area contributed by atoms with Crippen molar-refractivity contribution in [3.05, 3.63) is 29.5 Å². The van der Waals surface area contributed by atoms with Crippen molar-refractivity contribution in [1.29, 1.82) is 0 Å². The Balaban J connectivity index is 2.40. The molecule has 1 heterocycles. The van der Waals surface area contributed by atoms with Crippen LogP contribution in [0.3, 0.4) is 0 Å². The Morgan fingerprint density at radius 3 is 2.79 bits per heavy atom. The highest BCUT2D eigenvalue weighted by Crippen LogP contribution is 2.33. The first kappa shape index (κ1) is 13.9. The number of rotatable bonds is 7. The Labute approximate surface area is 111 Å². The molecule has 1 N–H and O–H groups in total. The summed E-state index contributed by atoms with van der Waals surface area (Å²) in [6, 6.07) is 5.69. The third-order valence-electron chi connectivity index (χ3n) is 2.88. The molecule has 0 aliphatic rings. The Kier molecular flexibility index (Phi) is 4.79. The van der Waals surface area contributed by atoms with E-state index < -0.39 is 0 Å². The molecular weight excluding hydrogens is 248 g/mol. The number of aliphatic hydroxyl groups is 1. The number of ether oxygens (including phenoxy) is 3.